The van der Waals surface area contributed by atoms with Gasteiger partial charge in [0.05, 0.1) is 12.3 Å². The van der Waals surface area contributed by atoms with Crippen LogP contribution >= 0.6 is 0 Å². The molecule has 1 aromatic heterocycles. The molecule has 0 aromatic carbocycles. The Balaban J connectivity index is 1.89. The molecule has 1 aliphatic rings. The van der Waals surface area contributed by atoms with Crippen molar-refractivity contribution in [1.82, 2.24) is 15.5 Å². The van der Waals surface area contributed by atoms with Gasteiger partial charge < -0.3 is 14.7 Å². The molecule has 0 saturated heterocycles. The van der Waals surface area contributed by atoms with E-state index < -0.39 is 5.60 Å². The molecule has 1 aliphatic heterocycles. The first-order valence-corrected chi connectivity index (χ1v) is 5.85. The number of amides is 1. The summed E-state index contributed by atoms with van der Waals surface area (Å²) in [6.45, 7) is 5.66. The third-order valence-corrected chi connectivity index (χ3v) is 2.70. The molecule has 1 aromatic rings. The molecule has 0 aliphatic carbocycles. The van der Waals surface area contributed by atoms with Crippen molar-refractivity contribution in [3.63, 3.8) is 0 Å². The Labute approximate surface area is 105 Å². The van der Waals surface area contributed by atoms with Crippen LogP contribution in [0.25, 0.3) is 0 Å². The molecule has 2 rings (SSSR count). The van der Waals surface area contributed by atoms with Gasteiger partial charge in [-0.1, -0.05) is 17.2 Å². The van der Waals surface area contributed by atoms with Crippen LogP contribution in [0.5, 0.6) is 0 Å². The third-order valence-electron chi connectivity index (χ3n) is 2.70. The van der Waals surface area contributed by atoms with Crippen LogP contribution in [0.4, 0.5) is 0 Å². The van der Waals surface area contributed by atoms with Crippen molar-refractivity contribution in [2.24, 2.45) is 5.16 Å². The minimum absolute atomic E-state index is 0.198. The minimum Gasteiger partial charge on any atom is -0.379 e. The van der Waals surface area contributed by atoms with Gasteiger partial charge in [0.25, 0.3) is 5.91 Å². The van der Waals surface area contributed by atoms with Crippen LogP contribution in [0.2, 0.25) is 0 Å². The SMILES string of the molecule is CCc1noc(CNC(=O)[C@]2(C)CC(C)=NO2)n1. The highest BCUT2D eigenvalue weighted by atomic mass is 16.7. The van der Waals surface area contributed by atoms with Crippen molar-refractivity contribution in [3.05, 3.63) is 11.7 Å². The van der Waals surface area contributed by atoms with Crippen LogP contribution in [-0.4, -0.2) is 27.4 Å². The maximum atomic E-state index is 12.0. The van der Waals surface area contributed by atoms with E-state index in [0.29, 0.717) is 24.6 Å². The van der Waals surface area contributed by atoms with Crippen molar-refractivity contribution in [2.45, 2.75) is 45.8 Å². The Morgan fingerprint density at radius 2 is 2.33 bits per heavy atom. The normalized spacial score (nSPS) is 22.5. The smallest absolute Gasteiger partial charge is 0.267 e. The van der Waals surface area contributed by atoms with E-state index in [2.05, 4.69) is 20.6 Å². The molecule has 0 bridgehead atoms. The number of carbonyl (C=O) groups excluding carboxylic acids is 1. The van der Waals surface area contributed by atoms with Gasteiger partial charge >= 0.3 is 0 Å². The quantitative estimate of drug-likeness (QED) is 0.856. The highest BCUT2D eigenvalue weighted by Crippen LogP contribution is 2.23. The average molecular weight is 252 g/mol. The Morgan fingerprint density at radius 3 is 2.89 bits per heavy atom. The number of rotatable bonds is 4. The van der Waals surface area contributed by atoms with Gasteiger partial charge in [0.1, 0.15) is 0 Å². The Bertz CT molecular complexity index is 482. The lowest BCUT2D eigenvalue weighted by Crippen LogP contribution is -2.44. The summed E-state index contributed by atoms with van der Waals surface area (Å²) in [5, 5.41) is 10.2. The van der Waals surface area contributed by atoms with Gasteiger partial charge in [-0.05, 0) is 13.8 Å². The lowest BCUT2D eigenvalue weighted by molar-refractivity contribution is -0.142. The number of nitrogens with one attached hydrogen (secondary N) is 1. The van der Waals surface area contributed by atoms with Crippen LogP contribution in [-0.2, 0) is 22.6 Å². The Hall–Kier alpha value is -1.92. The van der Waals surface area contributed by atoms with E-state index in [1.807, 2.05) is 13.8 Å². The van der Waals surface area contributed by atoms with Crippen molar-refractivity contribution in [2.75, 3.05) is 0 Å². The van der Waals surface area contributed by atoms with Crippen molar-refractivity contribution >= 4 is 11.6 Å². The van der Waals surface area contributed by atoms with Gasteiger partial charge in [0, 0.05) is 12.8 Å². The molecule has 0 saturated carbocycles. The first-order chi connectivity index (χ1) is 8.53. The molecule has 0 spiro atoms. The Kier molecular flexibility index (Phi) is 3.31. The molecule has 7 nitrogen and oxygen atoms in total. The number of hydrogen-bond donors (Lipinski definition) is 1. The van der Waals surface area contributed by atoms with Crippen molar-refractivity contribution < 1.29 is 14.2 Å². The first kappa shape index (κ1) is 12.5. The summed E-state index contributed by atoms with van der Waals surface area (Å²) in [5.41, 5.74) is -0.128. The second-order valence-electron chi connectivity index (χ2n) is 4.47. The second-order valence-corrected chi connectivity index (χ2v) is 4.47. The predicted octanol–water partition coefficient (Wildman–Crippen LogP) is 0.803. The zero-order chi connectivity index (χ0) is 13.2. The summed E-state index contributed by atoms with van der Waals surface area (Å²) in [5.74, 6) is 0.778. The fraction of sp³-hybridized carbons (Fsp3) is 0.636. The molecule has 1 atom stereocenters. The van der Waals surface area contributed by atoms with E-state index in [-0.39, 0.29) is 12.5 Å². The van der Waals surface area contributed by atoms with Gasteiger partial charge in [0.2, 0.25) is 11.5 Å². The lowest BCUT2D eigenvalue weighted by atomic mass is 9.99. The third kappa shape index (κ3) is 2.49. The topological polar surface area (TPSA) is 89.6 Å². The largest absolute Gasteiger partial charge is 0.379 e. The molecule has 0 unspecified atom stereocenters. The molecule has 18 heavy (non-hydrogen) atoms. The first-order valence-electron chi connectivity index (χ1n) is 5.85. The van der Waals surface area contributed by atoms with E-state index in [9.17, 15) is 4.79 Å². The minimum atomic E-state index is -0.933. The average Bonchev–Trinajstić information content (AvgIpc) is 2.94. The van der Waals surface area contributed by atoms with Crippen LogP contribution in [0, 0.1) is 0 Å². The maximum absolute atomic E-state index is 12.0. The monoisotopic (exact) mass is 252 g/mol. The summed E-state index contributed by atoms with van der Waals surface area (Å²) in [7, 11) is 0. The summed E-state index contributed by atoms with van der Waals surface area (Å²) in [6.07, 6.45) is 1.19. The van der Waals surface area contributed by atoms with Crippen molar-refractivity contribution in [3.8, 4) is 0 Å². The van der Waals surface area contributed by atoms with E-state index in [1.165, 1.54) is 0 Å². The standard InChI is InChI=1S/C11H16N4O3/c1-4-8-13-9(17-15-8)6-12-10(16)11(3)5-7(2)14-18-11/h4-6H2,1-3H3,(H,12,16)/t11-/m0/s1. The highest BCUT2D eigenvalue weighted by molar-refractivity contribution is 5.94. The lowest BCUT2D eigenvalue weighted by Gasteiger charge is -2.19. The van der Waals surface area contributed by atoms with Gasteiger partial charge in [-0.15, -0.1) is 0 Å². The number of nitrogens with zero attached hydrogens (tertiary/aromatic N) is 3. The summed E-state index contributed by atoms with van der Waals surface area (Å²) in [6, 6.07) is 0. The molecular formula is C11H16N4O3. The van der Waals surface area contributed by atoms with E-state index in [4.69, 9.17) is 9.36 Å². The highest BCUT2D eigenvalue weighted by Gasteiger charge is 2.40. The Morgan fingerprint density at radius 1 is 1.56 bits per heavy atom. The van der Waals surface area contributed by atoms with Crippen LogP contribution in [0.15, 0.2) is 9.68 Å². The number of aromatic nitrogens is 2. The molecular weight excluding hydrogens is 236 g/mol. The van der Waals surface area contributed by atoms with E-state index in [1.54, 1.807) is 6.92 Å². The number of oxime groups is 1. The maximum Gasteiger partial charge on any atom is 0.267 e. The second kappa shape index (κ2) is 4.75. The van der Waals surface area contributed by atoms with Gasteiger partial charge in [-0.2, -0.15) is 4.98 Å². The molecule has 0 fully saturated rings. The van der Waals surface area contributed by atoms with Gasteiger partial charge in [0.15, 0.2) is 5.82 Å². The van der Waals surface area contributed by atoms with E-state index in [0.717, 1.165) is 5.71 Å². The number of aryl methyl sites for hydroxylation is 1. The molecule has 7 heteroatoms. The summed E-state index contributed by atoms with van der Waals surface area (Å²) < 4.78 is 4.98. The fourth-order valence-corrected chi connectivity index (χ4v) is 1.70. The molecule has 2 heterocycles. The van der Waals surface area contributed by atoms with Gasteiger partial charge in [-0.25, -0.2) is 0 Å². The zero-order valence-electron chi connectivity index (χ0n) is 10.7. The predicted molar refractivity (Wildman–Crippen MR) is 62.7 cm³/mol. The van der Waals surface area contributed by atoms with Crippen LogP contribution in [0.1, 0.15) is 38.9 Å². The fourth-order valence-electron chi connectivity index (χ4n) is 1.70. The molecule has 1 amide bonds. The van der Waals surface area contributed by atoms with E-state index >= 15 is 0 Å². The molecule has 98 valence electrons. The number of carbonyl (C=O) groups is 1. The molecule has 1 N–H and O–H groups in total. The van der Waals surface area contributed by atoms with Crippen LogP contribution in [0.3, 0.4) is 0 Å². The summed E-state index contributed by atoms with van der Waals surface area (Å²) in [4.78, 5) is 21.2. The summed E-state index contributed by atoms with van der Waals surface area (Å²) >= 11 is 0. The molecule has 0 radical (unpaired) electrons. The number of hydrogen-bond acceptors (Lipinski definition) is 6. The van der Waals surface area contributed by atoms with Gasteiger partial charge in [-0.3, -0.25) is 4.79 Å². The van der Waals surface area contributed by atoms with Crippen LogP contribution < -0.4 is 5.32 Å². The van der Waals surface area contributed by atoms with Crippen molar-refractivity contribution in [1.29, 1.82) is 0 Å². The zero-order valence-corrected chi connectivity index (χ0v) is 10.7.